The molecule has 0 bridgehead atoms. The molecule has 3 atom stereocenters. The number of amides is 4. The number of nitrogens with zero attached hydrogens (tertiary/aromatic N) is 1. The van der Waals surface area contributed by atoms with E-state index in [9.17, 15) is 14.4 Å². The SMILES string of the molecule is Cc1ccc(Cl)cc1NC(=O)N[C@H]1C[C@H]2C(=O)N[C@H](C(C)C)C(=O)N2C1. The lowest BCUT2D eigenvalue weighted by molar-refractivity contribution is -0.148. The molecule has 26 heavy (non-hydrogen) atoms. The number of rotatable bonds is 3. The van der Waals surface area contributed by atoms with Crippen molar-refractivity contribution in [3.05, 3.63) is 28.8 Å². The maximum atomic E-state index is 12.6. The fourth-order valence-corrected chi connectivity index (χ4v) is 3.62. The van der Waals surface area contributed by atoms with E-state index in [0.717, 1.165) is 5.56 Å². The molecule has 3 N–H and O–H groups in total. The molecule has 8 heteroatoms. The molecule has 1 aromatic rings. The monoisotopic (exact) mass is 378 g/mol. The Bertz CT molecular complexity index is 752. The van der Waals surface area contributed by atoms with Gasteiger partial charge in [0.15, 0.2) is 0 Å². The normalized spacial score (nSPS) is 25.1. The molecule has 3 rings (SSSR count). The Labute approximate surface area is 157 Å². The summed E-state index contributed by atoms with van der Waals surface area (Å²) < 4.78 is 0. The van der Waals surface area contributed by atoms with Gasteiger partial charge in [-0.2, -0.15) is 0 Å². The van der Waals surface area contributed by atoms with Gasteiger partial charge in [-0.05, 0) is 37.0 Å². The van der Waals surface area contributed by atoms with Crippen LogP contribution in [0.5, 0.6) is 0 Å². The Kier molecular flexibility index (Phi) is 5.09. The second kappa shape index (κ2) is 7.15. The number of hydrogen-bond acceptors (Lipinski definition) is 3. The van der Waals surface area contributed by atoms with Crippen molar-refractivity contribution in [1.29, 1.82) is 0 Å². The lowest BCUT2D eigenvalue weighted by atomic mass is 9.98. The zero-order chi connectivity index (χ0) is 19.0. The smallest absolute Gasteiger partial charge is 0.319 e. The molecule has 2 heterocycles. The quantitative estimate of drug-likeness (QED) is 0.750. The number of aryl methyl sites for hydroxylation is 1. The van der Waals surface area contributed by atoms with Crippen molar-refractivity contribution in [1.82, 2.24) is 15.5 Å². The summed E-state index contributed by atoms with van der Waals surface area (Å²) in [6, 6.07) is 3.58. The van der Waals surface area contributed by atoms with Gasteiger partial charge in [0.05, 0.1) is 6.04 Å². The summed E-state index contributed by atoms with van der Waals surface area (Å²) in [4.78, 5) is 38.7. The fourth-order valence-electron chi connectivity index (χ4n) is 3.45. The van der Waals surface area contributed by atoms with Crippen molar-refractivity contribution in [2.24, 2.45) is 5.92 Å². The third-order valence-corrected chi connectivity index (χ3v) is 5.14. The van der Waals surface area contributed by atoms with Crippen LogP contribution in [-0.4, -0.2) is 47.4 Å². The second-order valence-corrected chi connectivity index (χ2v) is 7.66. The van der Waals surface area contributed by atoms with Crippen molar-refractivity contribution in [2.45, 2.75) is 45.3 Å². The van der Waals surface area contributed by atoms with Gasteiger partial charge in [0, 0.05) is 17.3 Å². The molecule has 4 amide bonds. The molecule has 0 aliphatic carbocycles. The maximum absolute atomic E-state index is 12.6. The minimum atomic E-state index is -0.518. The molecule has 2 aliphatic heterocycles. The molecule has 0 unspecified atom stereocenters. The molecule has 7 nitrogen and oxygen atoms in total. The summed E-state index contributed by atoms with van der Waals surface area (Å²) in [5.74, 6) is -0.216. The number of carbonyl (C=O) groups excluding carboxylic acids is 3. The molecular formula is C18H23ClN4O3. The van der Waals surface area contributed by atoms with Gasteiger partial charge >= 0.3 is 6.03 Å². The lowest BCUT2D eigenvalue weighted by Gasteiger charge is -2.36. The third-order valence-electron chi connectivity index (χ3n) is 4.90. The largest absolute Gasteiger partial charge is 0.342 e. The van der Waals surface area contributed by atoms with E-state index in [4.69, 9.17) is 11.6 Å². The number of urea groups is 1. The van der Waals surface area contributed by atoms with Crippen LogP contribution < -0.4 is 16.0 Å². The van der Waals surface area contributed by atoms with Gasteiger partial charge in [-0.1, -0.05) is 31.5 Å². The highest BCUT2D eigenvalue weighted by Gasteiger charge is 2.47. The third kappa shape index (κ3) is 3.62. The molecule has 2 fully saturated rings. The zero-order valence-electron chi connectivity index (χ0n) is 15.0. The van der Waals surface area contributed by atoms with Crippen molar-refractivity contribution in [3.63, 3.8) is 0 Å². The van der Waals surface area contributed by atoms with E-state index < -0.39 is 12.1 Å². The van der Waals surface area contributed by atoms with E-state index in [1.807, 2.05) is 26.8 Å². The number of nitrogens with one attached hydrogen (secondary N) is 3. The summed E-state index contributed by atoms with van der Waals surface area (Å²) >= 11 is 5.96. The maximum Gasteiger partial charge on any atom is 0.319 e. The van der Waals surface area contributed by atoms with Gasteiger partial charge in [0.1, 0.15) is 12.1 Å². The van der Waals surface area contributed by atoms with E-state index in [-0.39, 0.29) is 29.8 Å². The molecule has 0 spiro atoms. The van der Waals surface area contributed by atoms with Gasteiger partial charge in [-0.15, -0.1) is 0 Å². The number of benzene rings is 1. The van der Waals surface area contributed by atoms with Crippen LogP contribution in [0.2, 0.25) is 5.02 Å². The molecule has 0 saturated carbocycles. The van der Waals surface area contributed by atoms with Crippen LogP contribution in [0.4, 0.5) is 10.5 Å². The Morgan fingerprint density at radius 3 is 2.77 bits per heavy atom. The topological polar surface area (TPSA) is 90.5 Å². The van der Waals surface area contributed by atoms with Crippen molar-refractivity contribution in [3.8, 4) is 0 Å². The molecule has 0 aromatic heterocycles. The lowest BCUT2D eigenvalue weighted by Crippen LogP contribution is -2.62. The van der Waals surface area contributed by atoms with Crippen molar-refractivity contribution < 1.29 is 14.4 Å². The minimum Gasteiger partial charge on any atom is -0.342 e. The van der Waals surface area contributed by atoms with E-state index >= 15 is 0 Å². The molecule has 2 aliphatic rings. The van der Waals surface area contributed by atoms with Gasteiger partial charge in [0.25, 0.3) is 0 Å². The fraction of sp³-hybridized carbons (Fsp3) is 0.500. The van der Waals surface area contributed by atoms with Crippen LogP contribution >= 0.6 is 11.6 Å². The standard InChI is InChI=1S/C18H23ClN4O3/c1-9(2)15-17(25)23-8-12(7-14(23)16(24)22-15)20-18(26)21-13-6-11(19)5-4-10(13)3/h4-6,9,12,14-15H,7-8H2,1-3H3,(H,22,24)(H2,20,21,26)/t12-,14-,15+/m0/s1. The first kappa shape index (κ1) is 18.5. The van der Waals surface area contributed by atoms with Crippen LogP contribution in [0.3, 0.4) is 0 Å². The van der Waals surface area contributed by atoms with Crippen LogP contribution in [0, 0.1) is 12.8 Å². The summed E-state index contributed by atoms with van der Waals surface area (Å²) in [7, 11) is 0. The van der Waals surface area contributed by atoms with Gasteiger partial charge < -0.3 is 20.9 Å². The van der Waals surface area contributed by atoms with Crippen LogP contribution in [-0.2, 0) is 9.59 Å². The van der Waals surface area contributed by atoms with Gasteiger partial charge in [-0.3, -0.25) is 9.59 Å². The van der Waals surface area contributed by atoms with Crippen LogP contribution in [0.25, 0.3) is 0 Å². The summed E-state index contributed by atoms with van der Waals surface area (Å²) in [5, 5.41) is 8.94. The van der Waals surface area contributed by atoms with Gasteiger partial charge in [-0.25, -0.2) is 4.79 Å². The molecule has 140 valence electrons. The Hall–Kier alpha value is -2.28. The molecule has 0 radical (unpaired) electrons. The average Bonchev–Trinajstić information content (AvgIpc) is 2.98. The first-order chi connectivity index (χ1) is 12.3. The number of anilines is 1. The predicted octanol–water partition coefficient (Wildman–Crippen LogP) is 1.89. The Morgan fingerprint density at radius 1 is 1.35 bits per heavy atom. The second-order valence-electron chi connectivity index (χ2n) is 7.23. The van der Waals surface area contributed by atoms with Crippen LogP contribution in [0.15, 0.2) is 18.2 Å². The Balaban J connectivity index is 1.64. The highest BCUT2D eigenvalue weighted by molar-refractivity contribution is 6.31. The van der Waals surface area contributed by atoms with Crippen LogP contribution in [0.1, 0.15) is 25.8 Å². The number of carbonyl (C=O) groups is 3. The number of fused-ring (bicyclic) bond motifs is 1. The van der Waals surface area contributed by atoms with E-state index in [1.165, 1.54) is 0 Å². The summed E-state index contributed by atoms with van der Waals surface area (Å²) in [6.45, 7) is 6.00. The van der Waals surface area contributed by atoms with E-state index in [0.29, 0.717) is 23.7 Å². The van der Waals surface area contributed by atoms with E-state index in [1.54, 1.807) is 17.0 Å². The Morgan fingerprint density at radius 2 is 2.08 bits per heavy atom. The molecule has 2 saturated heterocycles. The minimum absolute atomic E-state index is 0.0218. The van der Waals surface area contributed by atoms with Crippen molar-refractivity contribution in [2.75, 3.05) is 11.9 Å². The van der Waals surface area contributed by atoms with Gasteiger partial charge in [0.2, 0.25) is 11.8 Å². The predicted molar refractivity (Wildman–Crippen MR) is 99.0 cm³/mol. The average molecular weight is 379 g/mol. The number of piperazine rings is 1. The zero-order valence-corrected chi connectivity index (χ0v) is 15.8. The number of halogens is 1. The first-order valence-corrected chi connectivity index (χ1v) is 9.08. The summed E-state index contributed by atoms with van der Waals surface area (Å²) in [5.41, 5.74) is 1.52. The summed E-state index contributed by atoms with van der Waals surface area (Å²) in [6.07, 6.45) is 0.407. The number of hydrogen-bond donors (Lipinski definition) is 3. The molecular weight excluding hydrogens is 356 g/mol. The highest BCUT2D eigenvalue weighted by atomic mass is 35.5. The molecule has 1 aromatic carbocycles. The van der Waals surface area contributed by atoms with Crippen molar-refractivity contribution >= 4 is 35.1 Å². The highest BCUT2D eigenvalue weighted by Crippen LogP contribution is 2.25. The van der Waals surface area contributed by atoms with E-state index in [2.05, 4.69) is 16.0 Å². The first-order valence-electron chi connectivity index (χ1n) is 8.70.